The van der Waals surface area contributed by atoms with Crippen molar-refractivity contribution >= 4 is 5.78 Å². The van der Waals surface area contributed by atoms with Crippen LogP contribution in [0.1, 0.15) is 25.3 Å². The van der Waals surface area contributed by atoms with Gasteiger partial charge in [0, 0.05) is 24.9 Å². The summed E-state index contributed by atoms with van der Waals surface area (Å²) in [6.45, 7) is 2.08. The van der Waals surface area contributed by atoms with E-state index in [4.69, 9.17) is 4.74 Å². The van der Waals surface area contributed by atoms with Crippen molar-refractivity contribution in [3.8, 4) is 5.75 Å². The standard InChI is InChI=1S/C14H16F3NO2/c1-9-5-12(19)7-11(18-9)8-20-13-4-2-3-10(6-13)14(15,16)17/h2-4,6,9,11,18H,5,7-8H2,1H3/t9-,11-/m0/s1. The number of nitrogens with one attached hydrogen (secondary N) is 1. The molecule has 0 amide bonds. The van der Waals surface area contributed by atoms with E-state index in [-0.39, 0.29) is 30.2 Å². The minimum absolute atomic E-state index is 0.0753. The van der Waals surface area contributed by atoms with Crippen molar-refractivity contribution < 1.29 is 22.7 Å². The van der Waals surface area contributed by atoms with Gasteiger partial charge in [-0.1, -0.05) is 6.07 Å². The smallest absolute Gasteiger partial charge is 0.416 e. The first kappa shape index (κ1) is 14.8. The van der Waals surface area contributed by atoms with E-state index in [0.717, 1.165) is 12.1 Å². The molecule has 0 aliphatic carbocycles. The van der Waals surface area contributed by atoms with Gasteiger partial charge >= 0.3 is 6.18 Å². The number of rotatable bonds is 3. The number of halogens is 3. The Bertz CT molecular complexity index is 488. The van der Waals surface area contributed by atoms with Crippen LogP contribution in [0.5, 0.6) is 5.75 Å². The van der Waals surface area contributed by atoms with E-state index < -0.39 is 11.7 Å². The lowest BCUT2D eigenvalue weighted by molar-refractivity contribution is -0.137. The molecular weight excluding hydrogens is 271 g/mol. The number of alkyl halides is 3. The fraction of sp³-hybridized carbons (Fsp3) is 0.500. The number of carbonyl (C=O) groups excluding carboxylic acids is 1. The van der Waals surface area contributed by atoms with Gasteiger partial charge < -0.3 is 10.1 Å². The largest absolute Gasteiger partial charge is 0.492 e. The van der Waals surface area contributed by atoms with Gasteiger partial charge in [-0.15, -0.1) is 0 Å². The SMILES string of the molecule is C[C@H]1CC(=O)C[C@@H](COc2cccc(C(F)(F)F)c2)N1. The number of ketones is 1. The molecular formula is C14H16F3NO2. The molecule has 2 atom stereocenters. The zero-order valence-electron chi connectivity index (χ0n) is 11.0. The Morgan fingerprint density at radius 2 is 2.10 bits per heavy atom. The first-order valence-corrected chi connectivity index (χ1v) is 6.42. The maximum atomic E-state index is 12.6. The Kier molecular flexibility index (Phi) is 4.32. The van der Waals surface area contributed by atoms with E-state index in [0.29, 0.717) is 12.8 Å². The van der Waals surface area contributed by atoms with Crippen molar-refractivity contribution in [2.75, 3.05) is 6.61 Å². The maximum Gasteiger partial charge on any atom is 0.416 e. The second kappa shape index (κ2) is 5.83. The van der Waals surface area contributed by atoms with Gasteiger partial charge in [0.1, 0.15) is 18.1 Å². The highest BCUT2D eigenvalue weighted by Gasteiger charge is 2.30. The molecule has 1 aliphatic rings. The second-order valence-corrected chi connectivity index (χ2v) is 5.05. The molecule has 0 saturated carbocycles. The Balaban J connectivity index is 1.95. The van der Waals surface area contributed by atoms with Crippen LogP contribution in [0.4, 0.5) is 13.2 Å². The number of hydrogen-bond donors (Lipinski definition) is 1. The van der Waals surface area contributed by atoms with E-state index in [1.165, 1.54) is 12.1 Å². The van der Waals surface area contributed by atoms with Crippen LogP contribution in [0, 0.1) is 0 Å². The number of hydrogen-bond acceptors (Lipinski definition) is 3. The summed E-state index contributed by atoms with van der Waals surface area (Å²) in [5.41, 5.74) is -0.740. The molecule has 110 valence electrons. The Labute approximate surface area is 115 Å². The van der Waals surface area contributed by atoms with Crippen molar-refractivity contribution in [1.82, 2.24) is 5.32 Å². The Hall–Kier alpha value is -1.56. The molecule has 2 rings (SSSR count). The molecule has 20 heavy (non-hydrogen) atoms. The average molecular weight is 287 g/mol. The van der Waals surface area contributed by atoms with E-state index in [1.807, 2.05) is 6.92 Å². The highest BCUT2D eigenvalue weighted by atomic mass is 19.4. The predicted molar refractivity (Wildman–Crippen MR) is 67.6 cm³/mol. The zero-order chi connectivity index (χ0) is 14.8. The van der Waals surface area contributed by atoms with Crippen LogP contribution < -0.4 is 10.1 Å². The normalized spacial score (nSPS) is 23.7. The summed E-state index contributed by atoms with van der Waals surface area (Å²) < 4.78 is 43.0. The molecule has 0 bridgehead atoms. The zero-order valence-corrected chi connectivity index (χ0v) is 11.0. The lowest BCUT2D eigenvalue weighted by Crippen LogP contribution is -2.47. The van der Waals surface area contributed by atoms with Gasteiger partial charge in [0.05, 0.1) is 5.56 Å². The van der Waals surface area contributed by atoms with Crippen molar-refractivity contribution in [2.24, 2.45) is 0 Å². The average Bonchev–Trinajstić information content (AvgIpc) is 2.35. The molecule has 0 radical (unpaired) electrons. The fourth-order valence-electron chi connectivity index (χ4n) is 2.29. The van der Waals surface area contributed by atoms with Crippen LogP contribution in [0.3, 0.4) is 0 Å². The molecule has 0 spiro atoms. The first-order valence-electron chi connectivity index (χ1n) is 6.42. The van der Waals surface area contributed by atoms with Gasteiger partial charge in [-0.3, -0.25) is 4.79 Å². The summed E-state index contributed by atoms with van der Waals surface area (Å²) >= 11 is 0. The molecule has 1 N–H and O–H groups in total. The van der Waals surface area contributed by atoms with Gasteiger partial charge in [0.25, 0.3) is 0 Å². The second-order valence-electron chi connectivity index (χ2n) is 5.05. The molecule has 1 aromatic carbocycles. The van der Waals surface area contributed by atoms with Gasteiger partial charge in [0.2, 0.25) is 0 Å². The molecule has 6 heteroatoms. The number of piperidine rings is 1. The van der Waals surface area contributed by atoms with E-state index in [9.17, 15) is 18.0 Å². The molecule has 1 aromatic rings. The minimum atomic E-state index is -4.38. The van der Waals surface area contributed by atoms with Gasteiger partial charge in [-0.05, 0) is 25.1 Å². The van der Waals surface area contributed by atoms with Crippen LogP contribution in [-0.2, 0) is 11.0 Å². The minimum Gasteiger partial charge on any atom is -0.492 e. The summed E-state index contributed by atoms with van der Waals surface area (Å²) in [6.07, 6.45) is -3.55. The van der Waals surface area contributed by atoms with Crippen molar-refractivity contribution in [2.45, 2.75) is 38.0 Å². The maximum absolute atomic E-state index is 12.6. The Morgan fingerprint density at radius 3 is 2.75 bits per heavy atom. The Morgan fingerprint density at radius 1 is 1.35 bits per heavy atom. The van der Waals surface area contributed by atoms with Crippen molar-refractivity contribution in [1.29, 1.82) is 0 Å². The van der Waals surface area contributed by atoms with Crippen LogP contribution in [0.15, 0.2) is 24.3 Å². The topological polar surface area (TPSA) is 38.3 Å². The summed E-state index contributed by atoms with van der Waals surface area (Å²) in [5, 5.41) is 3.19. The van der Waals surface area contributed by atoms with Crippen LogP contribution >= 0.6 is 0 Å². The molecule has 1 fully saturated rings. The van der Waals surface area contributed by atoms with Crippen LogP contribution in [-0.4, -0.2) is 24.5 Å². The molecule has 0 aromatic heterocycles. The molecule has 3 nitrogen and oxygen atoms in total. The van der Waals surface area contributed by atoms with Crippen molar-refractivity contribution in [3.63, 3.8) is 0 Å². The lowest BCUT2D eigenvalue weighted by Gasteiger charge is -2.27. The van der Waals surface area contributed by atoms with E-state index >= 15 is 0 Å². The highest BCUT2D eigenvalue weighted by molar-refractivity contribution is 5.80. The summed E-state index contributed by atoms with van der Waals surface area (Å²) in [7, 11) is 0. The van der Waals surface area contributed by atoms with Gasteiger partial charge in [-0.2, -0.15) is 13.2 Å². The third-order valence-corrected chi connectivity index (χ3v) is 3.14. The van der Waals surface area contributed by atoms with Crippen molar-refractivity contribution in [3.05, 3.63) is 29.8 Å². The predicted octanol–water partition coefficient (Wildman–Crippen LogP) is 2.79. The number of benzene rings is 1. The van der Waals surface area contributed by atoms with Crippen LogP contribution in [0.2, 0.25) is 0 Å². The summed E-state index contributed by atoms with van der Waals surface area (Å²) in [5.74, 6) is 0.307. The number of ether oxygens (including phenoxy) is 1. The fourth-order valence-corrected chi connectivity index (χ4v) is 2.29. The molecule has 1 saturated heterocycles. The van der Waals surface area contributed by atoms with Gasteiger partial charge in [0.15, 0.2) is 0 Å². The lowest BCUT2D eigenvalue weighted by atomic mass is 9.99. The molecule has 1 aliphatic heterocycles. The van der Waals surface area contributed by atoms with Gasteiger partial charge in [-0.25, -0.2) is 0 Å². The quantitative estimate of drug-likeness (QED) is 0.929. The van der Waals surface area contributed by atoms with E-state index in [1.54, 1.807) is 0 Å². The highest BCUT2D eigenvalue weighted by Crippen LogP contribution is 2.31. The third-order valence-electron chi connectivity index (χ3n) is 3.14. The monoisotopic (exact) mass is 287 g/mol. The third kappa shape index (κ3) is 3.96. The first-order chi connectivity index (χ1) is 9.34. The van der Waals surface area contributed by atoms with E-state index in [2.05, 4.69) is 5.32 Å². The van der Waals surface area contributed by atoms with Crippen LogP contribution in [0.25, 0.3) is 0 Å². The summed E-state index contributed by atoms with van der Waals surface area (Å²) in [4.78, 5) is 11.4. The number of Topliss-reactive ketones (excluding diaryl/α,β-unsaturated/α-hetero) is 1. The number of carbonyl (C=O) groups is 1. The molecule has 0 unspecified atom stereocenters. The molecule has 1 heterocycles. The summed E-state index contributed by atoms with van der Waals surface area (Å²) in [6, 6.07) is 4.67.